The van der Waals surface area contributed by atoms with Crippen molar-refractivity contribution in [2.75, 3.05) is 6.54 Å². The fourth-order valence-corrected chi connectivity index (χ4v) is 1.78. The molecule has 3 heteroatoms. The van der Waals surface area contributed by atoms with E-state index < -0.39 is 0 Å². The van der Waals surface area contributed by atoms with Gasteiger partial charge < -0.3 is 11.5 Å². The van der Waals surface area contributed by atoms with Crippen LogP contribution in [0.3, 0.4) is 0 Å². The van der Waals surface area contributed by atoms with E-state index >= 15 is 0 Å². The fraction of sp³-hybridized carbons (Fsp3) is 0.909. The molecule has 3 nitrogen and oxygen atoms in total. The maximum Gasteiger partial charge on any atom is 0.185 e. The average Bonchev–Trinajstić information content (AvgIpc) is 1.99. The number of hydrogen-bond acceptors (Lipinski definition) is 1. The lowest BCUT2D eigenvalue weighted by Gasteiger charge is -2.33. The van der Waals surface area contributed by atoms with Crippen LogP contribution in [0.25, 0.3) is 0 Å². The Balaban J connectivity index is 4.27. The van der Waals surface area contributed by atoms with E-state index in [1.165, 1.54) is 6.42 Å². The van der Waals surface area contributed by atoms with Gasteiger partial charge in [-0.05, 0) is 17.3 Å². The van der Waals surface area contributed by atoms with Crippen LogP contribution in [-0.4, -0.2) is 12.5 Å². The van der Waals surface area contributed by atoms with Crippen LogP contribution in [0.4, 0.5) is 0 Å². The van der Waals surface area contributed by atoms with Gasteiger partial charge in [-0.1, -0.05) is 41.0 Å². The van der Waals surface area contributed by atoms with E-state index in [0.717, 1.165) is 6.42 Å². The molecule has 0 aliphatic heterocycles. The summed E-state index contributed by atoms with van der Waals surface area (Å²) in [5, 5.41) is 0. The van der Waals surface area contributed by atoms with Crippen LogP contribution < -0.4 is 11.5 Å². The van der Waals surface area contributed by atoms with Crippen molar-refractivity contribution < 1.29 is 0 Å². The lowest BCUT2D eigenvalue weighted by molar-refractivity contribution is 0.195. The third kappa shape index (κ3) is 5.84. The van der Waals surface area contributed by atoms with E-state index in [2.05, 4.69) is 39.6 Å². The maximum atomic E-state index is 5.32. The molecule has 0 saturated heterocycles. The summed E-state index contributed by atoms with van der Waals surface area (Å²) in [7, 11) is 0. The molecule has 0 fully saturated rings. The highest BCUT2D eigenvalue weighted by atomic mass is 15.0. The predicted octanol–water partition coefficient (Wildman–Crippen LogP) is 2.11. The molecule has 14 heavy (non-hydrogen) atoms. The molecule has 0 aliphatic rings. The Labute approximate surface area is 88.0 Å². The number of hydrogen-bond donors (Lipinski definition) is 2. The number of nitrogens with zero attached hydrogens (tertiary/aromatic N) is 1. The van der Waals surface area contributed by atoms with E-state index in [9.17, 15) is 0 Å². The normalized spacial score (nSPS) is 12.6. The summed E-state index contributed by atoms with van der Waals surface area (Å²) in [6, 6.07) is 0. The van der Waals surface area contributed by atoms with Crippen molar-refractivity contribution in [3.63, 3.8) is 0 Å². The summed E-state index contributed by atoms with van der Waals surface area (Å²) < 4.78 is 0. The minimum Gasteiger partial charge on any atom is -0.370 e. The minimum absolute atomic E-state index is 0.170. The molecular formula is C11H25N3. The SMILES string of the molecule is CCC(C)(C)CC(C)(C)CN=C(N)N. The van der Waals surface area contributed by atoms with Crippen molar-refractivity contribution >= 4 is 5.96 Å². The minimum atomic E-state index is 0.170. The monoisotopic (exact) mass is 199 g/mol. The van der Waals surface area contributed by atoms with Crippen molar-refractivity contribution in [2.45, 2.75) is 47.5 Å². The number of nitrogens with two attached hydrogens (primary N) is 2. The van der Waals surface area contributed by atoms with Crippen molar-refractivity contribution in [1.82, 2.24) is 0 Å². The molecule has 0 aromatic heterocycles. The standard InChI is InChI=1S/C11H25N3/c1-6-10(2,3)7-11(4,5)8-14-9(12)13/h6-8H2,1-5H3,(H4,12,13,14). The molecule has 0 radical (unpaired) electrons. The van der Waals surface area contributed by atoms with Gasteiger partial charge in [-0.3, -0.25) is 4.99 Å². The van der Waals surface area contributed by atoms with Gasteiger partial charge in [0.2, 0.25) is 0 Å². The van der Waals surface area contributed by atoms with E-state index in [-0.39, 0.29) is 11.4 Å². The van der Waals surface area contributed by atoms with Gasteiger partial charge in [-0.2, -0.15) is 0 Å². The number of guanidine groups is 1. The molecule has 0 aliphatic carbocycles. The molecule has 0 amide bonds. The Kier molecular flexibility index (Phi) is 4.43. The average molecular weight is 199 g/mol. The lowest BCUT2D eigenvalue weighted by Crippen LogP contribution is -2.29. The zero-order chi connectivity index (χ0) is 11.4. The molecule has 0 saturated carbocycles. The van der Waals surface area contributed by atoms with Gasteiger partial charge in [0.1, 0.15) is 0 Å². The van der Waals surface area contributed by atoms with Crippen LogP contribution in [0.5, 0.6) is 0 Å². The second-order valence-corrected chi connectivity index (χ2v) is 5.60. The molecule has 0 rings (SSSR count). The summed E-state index contributed by atoms with van der Waals surface area (Å²) in [6.45, 7) is 11.9. The van der Waals surface area contributed by atoms with Crippen molar-refractivity contribution in [2.24, 2.45) is 27.3 Å². The molecule has 0 spiro atoms. The van der Waals surface area contributed by atoms with E-state index in [4.69, 9.17) is 11.5 Å². The molecule has 0 heterocycles. The van der Waals surface area contributed by atoms with E-state index in [1.54, 1.807) is 0 Å². The Hall–Kier alpha value is -0.730. The number of rotatable bonds is 5. The van der Waals surface area contributed by atoms with Crippen LogP contribution in [0.1, 0.15) is 47.5 Å². The fourth-order valence-electron chi connectivity index (χ4n) is 1.78. The summed E-state index contributed by atoms with van der Waals surface area (Å²) in [4.78, 5) is 4.09. The second kappa shape index (κ2) is 4.67. The smallest absolute Gasteiger partial charge is 0.185 e. The second-order valence-electron chi connectivity index (χ2n) is 5.60. The van der Waals surface area contributed by atoms with Crippen molar-refractivity contribution in [1.29, 1.82) is 0 Å². The third-order valence-electron chi connectivity index (χ3n) is 2.60. The van der Waals surface area contributed by atoms with E-state index in [0.29, 0.717) is 12.0 Å². The zero-order valence-electron chi connectivity index (χ0n) is 10.2. The Bertz CT molecular complexity index is 201. The van der Waals surface area contributed by atoms with Gasteiger partial charge in [0, 0.05) is 6.54 Å². The molecule has 84 valence electrons. The van der Waals surface area contributed by atoms with Crippen molar-refractivity contribution in [3.05, 3.63) is 0 Å². The Morgan fingerprint density at radius 3 is 1.93 bits per heavy atom. The highest BCUT2D eigenvalue weighted by Crippen LogP contribution is 2.35. The van der Waals surface area contributed by atoms with Gasteiger partial charge in [-0.15, -0.1) is 0 Å². The summed E-state index contributed by atoms with van der Waals surface area (Å²) in [6.07, 6.45) is 2.31. The predicted molar refractivity (Wildman–Crippen MR) is 63.1 cm³/mol. The molecule has 4 N–H and O–H groups in total. The highest BCUT2D eigenvalue weighted by Gasteiger charge is 2.27. The van der Waals surface area contributed by atoms with Crippen molar-refractivity contribution in [3.8, 4) is 0 Å². The van der Waals surface area contributed by atoms with Crippen LogP contribution in [0.15, 0.2) is 4.99 Å². The van der Waals surface area contributed by atoms with Crippen LogP contribution in [-0.2, 0) is 0 Å². The molecule has 0 aromatic rings. The van der Waals surface area contributed by atoms with Gasteiger partial charge in [0.15, 0.2) is 5.96 Å². The molecule has 0 aromatic carbocycles. The van der Waals surface area contributed by atoms with Gasteiger partial charge in [0.25, 0.3) is 0 Å². The van der Waals surface area contributed by atoms with Gasteiger partial charge in [-0.25, -0.2) is 0 Å². The van der Waals surface area contributed by atoms with E-state index in [1.807, 2.05) is 0 Å². The largest absolute Gasteiger partial charge is 0.370 e. The lowest BCUT2D eigenvalue weighted by atomic mass is 9.74. The first kappa shape index (κ1) is 13.3. The third-order valence-corrected chi connectivity index (χ3v) is 2.60. The first-order valence-corrected chi connectivity index (χ1v) is 5.24. The number of aliphatic imine (C=N–C) groups is 1. The van der Waals surface area contributed by atoms with Gasteiger partial charge >= 0.3 is 0 Å². The van der Waals surface area contributed by atoms with Crippen LogP contribution >= 0.6 is 0 Å². The Morgan fingerprint density at radius 1 is 1.07 bits per heavy atom. The van der Waals surface area contributed by atoms with Crippen LogP contribution in [0, 0.1) is 10.8 Å². The summed E-state index contributed by atoms with van der Waals surface area (Å²) in [5.74, 6) is 0.187. The highest BCUT2D eigenvalue weighted by molar-refractivity contribution is 5.75. The Morgan fingerprint density at radius 2 is 1.57 bits per heavy atom. The quantitative estimate of drug-likeness (QED) is 0.526. The van der Waals surface area contributed by atoms with Gasteiger partial charge in [0.05, 0.1) is 0 Å². The summed E-state index contributed by atoms with van der Waals surface area (Å²) >= 11 is 0. The molecule has 0 unspecified atom stereocenters. The van der Waals surface area contributed by atoms with Crippen LogP contribution in [0.2, 0.25) is 0 Å². The first-order chi connectivity index (χ1) is 6.18. The maximum absolute atomic E-state index is 5.32. The topological polar surface area (TPSA) is 64.4 Å². The molecule has 0 bridgehead atoms. The molecular weight excluding hydrogens is 174 g/mol. The first-order valence-electron chi connectivity index (χ1n) is 5.24. The summed E-state index contributed by atoms with van der Waals surface area (Å²) in [5.41, 5.74) is 11.2. The molecule has 0 atom stereocenters. The zero-order valence-corrected chi connectivity index (χ0v) is 10.2.